The predicted octanol–water partition coefficient (Wildman–Crippen LogP) is 4.40. The number of rotatable bonds is 4. The molecule has 3 aliphatic rings. The molecule has 0 aromatic rings. The second-order valence-corrected chi connectivity index (χ2v) is 5.38. The molecule has 2 bridgehead atoms. The molecule has 0 aromatic heterocycles. The molecule has 1 fully saturated rings. The molecule has 1 heteroatoms. The number of ketones is 1. The summed E-state index contributed by atoms with van der Waals surface area (Å²) >= 11 is 0. The lowest BCUT2D eigenvalue weighted by molar-refractivity contribution is -0.126. The third-order valence-corrected chi connectivity index (χ3v) is 4.19. The van der Waals surface area contributed by atoms with Crippen molar-refractivity contribution in [3.63, 3.8) is 0 Å². The molecule has 0 heterocycles. The van der Waals surface area contributed by atoms with Gasteiger partial charge >= 0.3 is 0 Å². The summed E-state index contributed by atoms with van der Waals surface area (Å²) in [6.07, 6.45) is 17.3. The van der Waals surface area contributed by atoms with E-state index in [0.717, 1.165) is 12.0 Å². The summed E-state index contributed by atoms with van der Waals surface area (Å²) in [7, 11) is 0. The van der Waals surface area contributed by atoms with E-state index in [4.69, 9.17) is 0 Å². The highest BCUT2D eigenvalue weighted by Crippen LogP contribution is 2.49. The Labute approximate surface area is 116 Å². The number of fused-ring (bicyclic) bond motifs is 1. The van der Waals surface area contributed by atoms with Crippen LogP contribution in [0.4, 0.5) is 0 Å². The van der Waals surface area contributed by atoms with Crippen LogP contribution in [0.2, 0.25) is 0 Å². The van der Waals surface area contributed by atoms with Gasteiger partial charge in [-0.05, 0) is 49.3 Å². The predicted molar refractivity (Wildman–Crippen MR) is 80.7 cm³/mol. The average Bonchev–Trinajstić information content (AvgIpc) is 2.40. The third-order valence-electron chi connectivity index (χ3n) is 4.19. The minimum absolute atomic E-state index is 0.302. The van der Waals surface area contributed by atoms with E-state index in [9.17, 15) is 4.79 Å². The Morgan fingerprint density at radius 1 is 1.21 bits per heavy atom. The highest BCUT2D eigenvalue weighted by atomic mass is 16.1. The molecule has 0 aromatic carbocycles. The number of hydrogen-bond donors (Lipinski definition) is 0. The molecule has 3 atom stereocenters. The molecular weight excluding hydrogens is 232 g/mol. The van der Waals surface area contributed by atoms with Crippen LogP contribution >= 0.6 is 0 Å². The smallest absolute Gasteiger partial charge is 0.159 e. The van der Waals surface area contributed by atoms with E-state index in [1.54, 1.807) is 0 Å². The summed E-state index contributed by atoms with van der Waals surface area (Å²) in [5, 5.41) is 0. The molecule has 0 amide bonds. The zero-order chi connectivity index (χ0) is 13.8. The summed E-state index contributed by atoms with van der Waals surface area (Å²) in [6.45, 7) is 6.21. The fraction of sp³-hybridized carbons (Fsp3) is 0.389. The number of carbonyl (C=O) groups is 1. The molecule has 0 saturated heterocycles. The lowest BCUT2D eigenvalue weighted by atomic mass is 9.57. The Balaban J connectivity index is 2.15. The Kier molecular flexibility index (Phi) is 4.36. The molecule has 3 rings (SSSR count). The molecular formula is C18H22O. The standard InChI is InChI=1S/C18H22O/c1-4-6-8-14(7-5-2)9-10-15-11-18(19)17-12-16(15)13(17)3/h4-11,13,16-17H,12H2,1-3H3/b6-4-,7-5-,10-9+,14-8+/t13-,16?,17?/m0/s1. The van der Waals surface area contributed by atoms with Gasteiger partial charge in [0.05, 0.1) is 0 Å². The van der Waals surface area contributed by atoms with Crippen molar-refractivity contribution in [2.24, 2.45) is 17.8 Å². The highest BCUT2D eigenvalue weighted by molar-refractivity contribution is 5.96. The maximum Gasteiger partial charge on any atom is 0.159 e. The maximum absolute atomic E-state index is 11.8. The minimum atomic E-state index is 0.302. The molecule has 19 heavy (non-hydrogen) atoms. The van der Waals surface area contributed by atoms with Crippen LogP contribution < -0.4 is 0 Å². The van der Waals surface area contributed by atoms with Crippen molar-refractivity contribution >= 4 is 5.78 Å². The number of allylic oxidation sites excluding steroid dienone is 10. The zero-order valence-corrected chi connectivity index (χ0v) is 12.0. The van der Waals surface area contributed by atoms with Crippen LogP contribution in [0, 0.1) is 17.8 Å². The Morgan fingerprint density at radius 2 is 2.00 bits per heavy atom. The van der Waals surface area contributed by atoms with Crippen LogP contribution in [0.25, 0.3) is 0 Å². The van der Waals surface area contributed by atoms with Gasteiger partial charge in [0.15, 0.2) is 5.78 Å². The van der Waals surface area contributed by atoms with E-state index in [2.05, 4.69) is 31.2 Å². The van der Waals surface area contributed by atoms with Crippen molar-refractivity contribution in [1.82, 2.24) is 0 Å². The van der Waals surface area contributed by atoms with Gasteiger partial charge in [-0.2, -0.15) is 0 Å². The molecule has 0 radical (unpaired) electrons. The van der Waals surface area contributed by atoms with Gasteiger partial charge in [-0.15, -0.1) is 0 Å². The van der Waals surface area contributed by atoms with E-state index in [1.807, 2.05) is 38.2 Å². The fourth-order valence-corrected chi connectivity index (χ4v) is 2.91. The molecule has 100 valence electrons. The van der Waals surface area contributed by atoms with E-state index in [1.165, 1.54) is 5.57 Å². The summed E-state index contributed by atoms with van der Waals surface area (Å²) < 4.78 is 0. The topological polar surface area (TPSA) is 17.1 Å². The van der Waals surface area contributed by atoms with E-state index in [-0.39, 0.29) is 0 Å². The SMILES string of the molecule is C\C=C/C=C(\C=C/C)/C=C/C1=CC(=O)C2CC1[C@@H]2C. The summed E-state index contributed by atoms with van der Waals surface area (Å²) in [5.74, 6) is 1.74. The lowest BCUT2D eigenvalue weighted by Gasteiger charge is -2.45. The quantitative estimate of drug-likeness (QED) is 0.679. The first kappa shape index (κ1) is 13.8. The van der Waals surface area contributed by atoms with Crippen molar-refractivity contribution in [3.05, 3.63) is 59.8 Å². The summed E-state index contributed by atoms with van der Waals surface area (Å²) in [4.78, 5) is 11.8. The molecule has 2 unspecified atom stereocenters. The maximum atomic E-state index is 11.8. The highest BCUT2D eigenvalue weighted by Gasteiger charge is 2.45. The van der Waals surface area contributed by atoms with Crippen LogP contribution in [0.3, 0.4) is 0 Å². The zero-order valence-electron chi connectivity index (χ0n) is 12.0. The van der Waals surface area contributed by atoms with Gasteiger partial charge in [-0.25, -0.2) is 0 Å². The van der Waals surface area contributed by atoms with Crippen molar-refractivity contribution in [3.8, 4) is 0 Å². The summed E-state index contributed by atoms with van der Waals surface area (Å²) in [6, 6.07) is 0. The lowest BCUT2D eigenvalue weighted by Crippen LogP contribution is -2.43. The van der Waals surface area contributed by atoms with E-state index >= 15 is 0 Å². The van der Waals surface area contributed by atoms with Crippen LogP contribution in [0.1, 0.15) is 27.2 Å². The van der Waals surface area contributed by atoms with Crippen LogP contribution in [0.5, 0.6) is 0 Å². The van der Waals surface area contributed by atoms with Gasteiger partial charge in [0.25, 0.3) is 0 Å². The van der Waals surface area contributed by atoms with Gasteiger partial charge in [0, 0.05) is 5.92 Å². The van der Waals surface area contributed by atoms with Gasteiger partial charge in [-0.1, -0.05) is 49.5 Å². The molecule has 1 saturated carbocycles. The molecule has 0 spiro atoms. The monoisotopic (exact) mass is 254 g/mol. The van der Waals surface area contributed by atoms with Crippen molar-refractivity contribution < 1.29 is 4.79 Å². The van der Waals surface area contributed by atoms with E-state index < -0.39 is 0 Å². The van der Waals surface area contributed by atoms with Crippen LogP contribution in [-0.2, 0) is 4.79 Å². The molecule has 0 N–H and O–H groups in total. The number of carbonyl (C=O) groups excluding carboxylic acids is 1. The first-order valence-electron chi connectivity index (χ1n) is 7.06. The normalized spacial score (nSPS) is 31.3. The molecule has 3 aliphatic carbocycles. The summed E-state index contributed by atoms with van der Waals surface area (Å²) in [5.41, 5.74) is 2.36. The Morgan fingerprint density at radius 3 is 2.58 bits per heavy atom. The Hall–Kier alpha value is -1.63. The van der Waals surface area contributed by atoms with Crippen molar-refractivity contribution in [2.45, 2.75) is 27.2 Å². The minimum Gasteiger partial charge on any atom is -0.295 e. The van der Waals surface area contributed by atoms with Gasteiger partial charge in [0.2, 0.25) is 0 Å². The van der Waals surface area contributed by atoms with Crippen LogP contribution in [0.15, 0.2) is 59.8 Å². The van der Waals surface area contributed by atoms with Gasteiger partial charge < -0.3 is 0 Å². The van der Waals surface area contributed by atoms with Crippen molar-refractivity contribution in [2.75, 3.05) is 0 Å². The largest absolute Gasteiger partial charge is 0.295 e. The van der Waals surface area contributed by atoms with Gasteiger partial charge in [-0.3, -0.25) is 4.79 Å². The first-order valence-corrected chi connectivity index (χ1v) is 7.06. The first-order chi connectivity index (χ1) is 9.17. The van der Waals surface area contributed by atoms with Gasteiger partial charge in [0.1, 0.15) is 0 Å². The number of hydrogen-bond acceptors (Lipinski definition) is 1. The molecule has 0 aliphatic heterocycles. The second kappa shape index (κ2) is 6.01. The van der Waals surface area contributed by atoms with Crippen molar-refractivity contribution in [1.29, 1.82) is 0 Å². The molecule has 1 nitrogen and oxygen atoms in total. The Bertz CT molecular complexity index is 500. The van der Waals surface area contributed by atoms with Crippen LogP contribution in [-0.4, -0.2) is 5.78 Å². The van der Waals surface area contributed by atoms with E-state index in [0.29, 0.717) is 23.5 Å². The second-order valence-electron chi connectivity index (χ2n) is 5.38. The fourth-order valence-electron chi connectivity index (χ4n) is 2.91. The average molecular weight is 254 g/mol. The third kappa shape index (κ3) is 2.86.